The molecule has 0 bridgehead atoms. The normalized spacial score (nSPS) is 11.2. The summed E-state index contributed by atoms with van der Waals surface area (Å²) in [6.07, 6.45) is 6.00. The fraction of sp³-hybridized carbons (Fsp3) is 0.267. The molecule has 0 aliphatic carbocycles. The summed E-state index contributed by atoms with van der Waals surface area (Å²) in [5.41, 5.74) is 3.95. The van der Waals surface area contributed by atoms with Crippen LogP contribution in [0.5, 0.6) is 0 Å². The van der Waals surface area contributed by atoms with Gasteiger partial charge in [0.1, 0.15) is 11.3 Å². The van der Waals surface area contributed by atoms with Crippen LogP contribution in [0.1, 0.15) is 17.0 Å². The molecule has 0 saturated heterocycles. The van der Waals surface area contributed by atoms with Gasteiger partial charge in [-0.15, -0.1) is 11.6 Å². The van der Waals surface area contributed by atoms with Gasteiger partial charge in [-0.2, -0.15) is 0 Å². The zero-order chi connectivity index (χ0) is 14.8. The molecule has 4 nitrogen and oxygen atoms in total. The summed E-state index contributed by atoms with van der Waals surface area (Å²) in [5, 5.41) is 0.585. The molecule has 0 aromatic carbocycles. The number of imidazole rings is 1. The lowest BCUT2D eigenvalue weighted by Gasteiger charge is -2.09. The average molecular weight is 321 g/mol. The van der Waals surface area contributed by atoms with E-state index in [1.165, 1.54) is 5.56 Å². The highest BCUT2D eigenvalue weighted by Gasteiger charge is 2.13. The Bertz CT molecular complexity index is 782. The molecule has 3 heterocycles. The molecular formula is C15H14Cl2N4. The number of rotatable bonds is 4. The monoisotopic (exact) mass is 320 g/mol. The summed E-state index contributed by atoms with van der Waals surface area (Å²) in [6.45, 7) is 2.75. The van der Waals surface area contributed by atoms with Crippen molar-refractivity contribution in [3.63, 3.8) is 0 Å². The van der Waals surface area contributed by atoms with Gasteiger partial charge in [0.25, 0.3) is 0 Å². The largest absolute Gasteiger partial charge is 0.308 e. The van der Waals surface area contributed by atoms with Crippen LogP contribution < -0.4 is 0 Å². The molecule has 0 aliphatic heterocycles. The molecule has 0 spiro atoms. The first-order chi connectivity index (χ1) is 10.2. The van der Waals surface area contributed by atoms with Crippen molar-refractivity contribution >= 4 is 34.4 Å². The Morgan fingerprint density at radius 3 is 2.90 bits per heavy atom. The molecule has 21 heavy (non-hydrogen) atoms. The zero-order valence-electron chi connectivity index (χ0n) is 11.6. The summed E-state index contributed by atoms with van der Waals surface area (Å²) in [7, 11) is 0. The molecule has 6 heteroatoms. The number of hydrogen-bond acceptors (Lipinski definition) is 3. The van der Waals surface area contributed by atoms with E-state index in [9.17, 15) is 0 Å². The van der Waals surface area contributed by atoms with Crippen LogP contribution >= 0.6 is 23.2 Å². The second-order valence-electron chi connectivity index (χ2n) is 4.85. The van der Waals surface area contributed by atoms with Crippen LogP contribution in [0.4, 0.5) is 0 Å². The van der Waals surface area contributed by atoms with E-state index in [1.54, 1.807) is 12.4 Å². The molecule has 0 amide bonds. The highest BCUT2D eigenvalue weighted by molar-refractivity contribution is 6.31. The first-order valence-corrected chi connectivity index (χ1v) is 7.56. The Hall–Kier alpha value is -1.65. The van der Waals surface area contributed by atoms with Crippen LogP contribution in [-0.4, -0.2) is 25.4 Å². The predicted molar refractivity (Wildman–Crippen MR) is 85.0 cm³/mol. The van der Waals surface area contributed by atoms with Crippen molar-refractivity contribution in [1.82, 2.24) is 19.5 Å². The van der Waals surface area contributed by atoms with Crippen LogP contribution in [-0.2, 0) is 13.0 Å². The van der Waals surface area contributed by atoms with Gasteiger partial charge >= 0.3 is 0 Å². The lowest BCUT2D eigenvalue weighted by Crippen LogP contribution is -2.08. The van der Waals surface area contributed by atoms with Gasteiger partial charge in [-0.3, -0.25) is 4.98 Å². The van der Waals surface area contributed by atoms with E-state index in [2.05, 4.69) is 26.4 Å². The second-order valence-corrected chi connectivity index (χ2v) is 5.67. The van der Waals surface area contributed by atoms with Crippen LogP contribution in [0.25, 0.3) is 11.2 Å². The number of aryl methyl sites for hydroxylation is 2. The van der Waals surface area contributed by atoms with Crippen molar-refractivity contribution in [2.45, 2.75) is 19.9 Å². The molecule has 3 aromatic rings. The Morgan fingerprint density at radius 1 is 1.29 bits per heavy atom. The summed E-state index contributed by atoms with van der Waals surface area (Å²) in [5.74, 6) is 1.43. The Balaban J connectivity index is 2.11. The molecular weight excluding hydrogens is 307 g/mol. The SMILES string of the molecule is Cc1ccncc1Cn1c(CCCl)nc2cc(Cl)cnc21. The van der Waals surface area contributed by atoms with Gasteiger partial charge in [0, 0.05) is 30.9 Å². The topological polar surface area (TPSA) is 43.6 Å². The number of alkyl halides is 1. The maximum atomic E-state index is 5.99. The highest BCUT2D eigenvalue weighted by atomic mass is 35.5. The first kappa shape index (κ1) is 14.3. The molecule has 0 saturated carbocycles. The van der Waals surface area contributed by atoms with Crippen LogP contribution in [0.2, 0.25) is 5.02 Å². The van der Waals surface area contributed by atoms with Crippen LogP contribution in [0.3, 0.4) is 0 Å². The lowest BCUT2D eigenvalue weighted by atomic mass is 10.1. The third-order valence-electron chi connectivity index (χ3n) is 3.42. The van der Waals surface area contributed by atoms with E-state index in [4.69, 9.17) is 23.2 Å². The van der Waals surface area contributed by atoms with E-state index in [0.717, 1.165) is 22.6 Å². The van der Waals surface area contributed by atoms with E-state index in [-0.39, 0.29) is 0 Å². The molecule has 3 rings (SSSR count). The smallest absolute Gasteiger partial charge is 0.160 e. The standard InChI is InChI=1S/C15H14Cl2N4/c1-10-3-5-18-7-11(10)9-21-14(2-4-16)20-13-6-12(17)8-19-15(13)21/h3,5-8H,2,4,9H2,1H3. The summed E-state index contributed by atoms with van der Waals surface area (Å²) >= 11 is 11.9. The van der Waals surface area contributed by atoms with Gasteiger partial charge in [0.2, 0.25) is 0 Å². The van der Waals surface area contributed by atoms with Gasteiger partial charge < -0.3 is 4.57 Å². The quantitative estimate of drug-likeness (QED) is 0.689. The number of nitrogens with zero attached hydrogens (tertiary/aromatic N) is 4. The molecule has 0 radical (unpaired) electrons. The molecule has 3 aromatic heterocycles. The van der Waals surface area contributed by atoms with Crippen LogP contribution in [0, 0.1) is 6.92 Å². The van der Waals surface area contributed by atoms with E-state index < -0.39 is 0 Å². The minimum Gasteiger partial charge on any atom is -0.308 e. The maximum Gasteiger partial charge on any atom is 0.160 e. The Labute approximate surface area is 132 Å². The van der Waals surface area contributed by atoms with Crippen molar-refractivity contribution in [3.05, 3.63) is 52.7 Å². The van der Waals surface area contributed by atoms with Gasteiger partial charge in [-0.25, -0.2) is 9.97 Å². The molecule has 0 fully saturated rings. The third kappa shape index (κ3) is 2.87. The van der Waals surface area contributed by atoms with Gasteiger partial charge in [0.15, 0.2) is 5.65 Å². The van der Waals surface area contributed by atoms with Crippen molar-refractivity contribution in [2.24, 2.45) is 0 Å². The van der Waals surface area contributed by atoms with Crippen molar-refractivity contribution < 1.29 is 0 Å². The van der Waals surface area contributed by atoms with Crippen molar-refractivity contribution in [3.8, 4) is 0 Å². The van der Waals surface area contributed by atoms with E-state index >= 15 is 0 Å². The highest BCUT2D eigenvalue weighted by Crippen LogP contribution is 2.20. The number of aromatic nitrogens is 4. The number of pyridine rings is 2. The Morgan fingerprint density at radius 2 is 2.14 bits per heavy atom. The maximum absolute atomic E-state index is 5.99. The van der Waals surface area contributed by atoms with E-state index in [1.807, 2.05) is 18.3 Å². The summed E-state index contributed by atoms with van der Waals surface area (Å²) < 4.78 is 2.08. The van der Waals surface area contributed by atoms with E-state index in [0.29, 0.717) is 23.9 Å². The lowest BCUT2D eigenvalue weighted by molar-refractivity contribution is 0.741. The fourth-order valence-electron chi connectivity index (χ4n) is 2.31. The van der Waals surface area contributed by atoms with Gasteiger partial charge in [-0.1, -0.05) is 11.6 Å². The number of hydrogen-bond donors (Lipinski definition) is 0. The van der Waals surface area contributed by atoms with Crippen LogP contribution in [0.15, 0.2) is 30.7 Å². The van der Waals surface area contributed by atoms with Crippen molar-refractivity contribution in [1.29, 1.82) is 0 Å². The van der Waals surface area contributed by atoms with Gasteiger partial charge in [0.05, 0.1) is 11.6 Å². The molecule has 0 N–H and O–H groups in total. The zero-order valence-corrected chi connectivity index (χ0v) is 13.1. The summed E-state index contributed by atoms with van der Waals surface area (Å²) in [6, 6.07) is 3.83. The third-order valence-corrected chi connectivity index (χ3v) is 3.82. The second kappa shape index (κ2) is 6.00. The van der Waals surface area contributed by atoms with Crippen molar-refractivity contribution in [2.75, 3.05) is 5.88 Å². The average Bonchev–Trinajstić information content (AvgIpc) is 2.79. The molecule has 0 unspecified atom stereocenters. The summed E-state index contributed by atoms with van der Waals surface area (Å²) in [4.78, 5) is 13.2. The first-order valence-electron chi connectivity index (χ1n) is 6.65. The number of halogens is 2. The minimum absolute atomic E-state index is 0.517. The Kier molecular flexibility index (Phi) is 4.08. The molecule has 0 atom stereocenters. The minimum atomic E-state index is 0.517. The van der Waals surface area contributed by atoms with Gasteiger partial charge in [-0.05, 0) is 30.2 Å². The number of fused-ring (bicyclic) bond motifs is 1. The molecule has 0 aliphatic rings. The fourth-order valence-corrected chi connectivity index (χ4v) is 2.63. The predicted octanol–water partition coefficient (Wildman–Crippen LogP) is 3.62. The molecule has 108 valence electrons.